The quantitative estimate of drug-likeness (QED) is 0.748. The van der Waals surface area contributed by atoms with Gasteiger partial charge in [-0.05, 0) is 42.8 Å². The first-order valence-electron chi connectivity index (χ1n) is 7.11. The zero-order chi connectivity index (χ0) is 15.2. The van der Waals surface area contributed by atoms with Crippen molar-refractivity contribution < 1.29 is 4.39 Å². The number of halogens is 2. The first-order valence-corrected chi connectivity index (χ1v) is 7.90. The average molecular weight is 351 g/mol. The van der Waals surface area contributed by atoms with E-state index in [-0.39, 0.29) is 5.82 Å². The van der Waals surface area contributed by atoms with Crippen LogP contribution in [-0.4, -0.2) is 13.6 Å². The van der Waals surface area contributed by atoms with E-state index in [1.165, 1.54) is 6.07 Å². The Balaban J connectivity index is 2.32. The van der Waals surface area contributed by atoms with Gasteiger partial charge in [-0.15, -0.1) is 0 Å². The van der Waals surface area contributed by atoms with Crippen molar-refractivity contribution in [3.63, 3.8) is 0 Å². The normalized spacial score (nSPS) is 10.7. The number of hydrogen-bond acceptors (Lipinski definition) is 2. The Hall–Kier alpha value is -1.39. The van der Waals surface area contributed by atoms with Gasteiger partial charge in [0.1, 0.15) is 5.82 Å². The third kappa shape index (κ3) is 4.05. The second-order valence-corrected chi connectivity index (χ2v) is 5.88. The molecule has 1 N–H and O–H groups in total. The molecule has 0 aliphatic heterocycles. The predicted molar refractivity (Wildman–Crippen MR) is 90.6 cm³/mol. The minimum atomic E-state index is -0.215. The fourth-order valence-corrected chi connectivity index (χ4v) is 2.60. The predicted octanol–water partition coefficient (Wildman–Crippen LogP) is 4.86. The summed E-state index contributed by atoms with van der Waals surface area (Å²) < 4.78 is 15.0. The van der Waals surface area contributed by atoms with E-state index in [1.54, 1.807) is 12.1 Å². The third-order valence-electron chi connectivity index (χ3n) is 3.36. The Labute approximate surface area is 134 Å². The Morgan fingerprint density at radius 3 is 2.62 bits per heavy atom. The van der Waals surface area contributed by atoms with Gasteiger partial charge in [0, 0.05) is 23.8 Å². The van der Waals surface area contributed by atoms with Crippen LogP contribution in [0.15, 0.2) is 46.9 Å². The van der Waals surface area contributed by atoms with Gasteiger partial charge in [0.05, 0.1) is 5.69 Å². The van der Waals surface area contributed by atoms with E-state index in [4.69, 9.17) is 0 Å². The SMILES string of the molecule is CCCNCc1ccc(Br)cc1N(C)c1ccccc1F. The minimum Gasteiger partial charge on any atom is -0.342 e. The summed E-state index contributed by atoms with van der Waals surface area (Å²) in [6.45, 7) is 3.88. The number of nitrogens with zero attached hydrogens (tertiary/aromatic N) is 1. The number of para-hydroxylation sites is 1. The molecule has 2 nitrogen and oxygen atoms in total. The molecular formula is C17H20BrFN2. The van der Waals surface area contributed by atoms with E-state index < -0.39 is 0 Å². The van der Waals surface area contributed by atoms with Crippen LogP contribution in [-0.2, 0) is 6.54 Å². The lowest BCUT2D eigenvalue weighted by Gasteiger charge is -2.23. The van der Waals surface area contributed by atoms with Crippen LogP contribution in [0.1, 0.15) is 18.9 Å². The van der Waals surface area contributed by atoms with Crippen molar-refractivity contribution in [1.82, 2.24) is 5.32 Å². The van der Waals surface area contributed by atoms with Crippen molar-refractivity contribution in [2.45, 2.75) is 19.9 Å². The highest BCUT2D eigenvalue weighted by atomic mass is 79.9. The van der Waals surface area contributed by atoms with E-state index in [2.05, 4.69) is 34.2 Å². The number of benzene rings is 2. The van der Waals surface area contributed by atoms with Crippen LogP contribution in [0.5, 0.6) is 0 Å². The highest BCUT2D eigenvalue weighted by Crippen LogP contribution is 2.31. The van der Waals surface area contributed by atoms with Gasteiger partial charge >= 0.3 is 0 Å². The second-order valence-electron chi connectivity index (χ2n) is 4.96. The van der Waals surface area contributed by atoms with E-state index >= 15 is 0 Å². The first kappa shape index (κ1) is 16.0. The maximum atomic E-state index is 14.0. The number of anilines is 2. The van der Waals surface area contributed by atoms with Crippen molar-refractivity contribution in [1.29, 1.82) is 0 Å². The summed E-state index contributed by atoms with van der Waals surface area (Å²) in [6.07, 6.45) is 1.09. The zero-order valence-corrected chi connectivity index (χ0v) is 14.0. The maximum absolute atomic E-state index is 14.0. The van der Waals surface area contributed by atoms with Crippen molar-refractivity contribution in [2.24, 2.45) is 0 Å². The van der Waals surface area contributed by atoms with Crippen molar-refractivity contribution in [3.05, 3.63) is 58.3 Å². The molecule has 21 heavy (non-hydrogen) atoms. The molecule has 0 atom stereocenters. The van der Waals surface area contributed by atoms with E-state index in [0.29, 0.717) is 5.69 Å². The summed E-state index contributed by atoms with van der Waals surface area (Å²) in [5.41, 5.74) is 2.72. The summed E-state index contributed by atoms with van der Waals surface area (Å²) in [6, 6.07) is 12.9. The molecule has 0 aliphatic carbocycles. The molecule has 0 amide bonds. The van der Waals surface area contributed by atoms with Crippen LogP contribution in [0.4, 0.5) is 15.8 Å². The number of hydrogen-bond donors (Lipinski definition) is 1. The average Bonchev–Trinajstić information content (AvgIpc) is 2.49. The fraction of sp³-hybridized carbons (Fsp3) is 0.294. The highest BCUT2D eigenvalue weighted by Gasteiger charge is 2.13. The van der Waals surface area contributed by atoms with E-state index in [0.717, 1.165) is 35.2 Å². The molecule has 0 unspecified atom stereocenters. The number of nitrogens with one attached hydrogen (secondary N) is 1. The molecule has 112 valence electrons. The summed E-state index contributed by atoms with van der Waals surface area (Å²) in [5, 5.41) is 3.40. The Kier molecular flexibility index (Phi) is 5.76. The summed E-state index contributed by atoms with van der Waals surface area (Å²) >= 11 is 3.50. The monoisotopic (exact) mass is 350 g/mol. The molecule has 0 radical (unpaired) electrons. The molecule has 0 saturated heterocycles. The van der Waals surface area contributed by atoms with Crippen molar-refractivity contribution in [3.8, 4) is 0 Å². The molecule has 4 heteroatoms. The van der Waals surface area contributed by atoms with Crippen LogP contribution < -0.4 is 10.2 Å². The molecule has 0 aliphatic rings. The van der Waals surface area contributed by atoms with Gasteiger partial charge in [0.2, 0.25) is 0 Å². The Morgan fingerprint density at radius 2 is 1.90 bits per heavy atom. The smallest absolute Gasteiger partial charge is 0.146 e. The minimum absolute atomic E-state index is 0.215. The van der Waals surface area contributed by atoms with Crippen molar-refractivity contribution in [2.75, 3.05) is 18.5 Å². The molecule has 2 aromatic carbocycles. The molecule has 2 rings (SSSR count). The van der Waals surface area contributed by atoms with Crippen LogP contribution in [0.3, 0.4) is 0 Å². The zero-order valence-electron chi connectivity index (χ0n) is 12.4. The lowest BCUT2D eigenvalue weighted by atomic mass is 10.1. The molecule has 0 aromatic heterocycles. The van der Waals surface area contributed by atoms with Gasteiger partial charge in [-0.2, -0.15) is 0 Å². The fourth-order valence-electron chi connectivity index (χ4n) is 2.25. The summed E-state index contributed by atoms with van der Waals surface area (Å²) in [4.78, 5) is 1.89. The summed E-state index contributed by atoms with van der Waals surface area (Å²) in [5.74, 6) is -0.215. The molecule has 0 spiro atoms. The van der Waals surface area contributed by atoms with Gasteiger partial charge in [-0.25, -0.2) is 4.39 Å². The van der Waals surface area contributed by atoms with Crippen LogP contribution in [0, 0.1) is 5.82 Å². The topological polar surface area (TPSA) is 15.3 Å². The summed E-state index contributed by atoms with van der Waals surface area (Å²) in [7, 11) is 1.89. The van der Waals surface area contributed by atoms with E-state index in [1.807, 2.05) is 30.1 Å². The Bertz CT molecular complexity index is 601. The second kappa shape index (κ2) is 7.57. The van der Waals surface area contributed by atoms with Crippen LogP contribution in [0.25, 0.3) is 0 Å². The Morgan fingerprint density at radius 1 is 1.14 bits per heavy atom. The standard InChI is InChI=1S/C17H20BrFN2/c1-3-10-20-12-13-8-9-14(18)11-17(13)21(2)16-7-5-4-6-15(16)19/h4-9,11,20H,3,10,12H2,1-2H3. The number of rotatable bonds is 6. The molecule has 0 heterocycles. The lowest BCUT2D eigenvalue weighted by molar-refractivity contribution is 0.627. The third-order valence-corrected chi connectivity index (χ3v) is 3.86. The maximum Gasteiger partial charge on any atom is 0.146 e. The molecule has 0 saturated carbocycles. The van der Waals surface area contributed by atoms with Gasteiger partial charge in [-0.1, -0.05) is 41.1 Å². The van der Waals surface area contributed by atoms with Crippen LogP contribution in [0.2, 0.25) is 0 Å². The van der Waals surface area contributed by atoms with Gasteiger partial charge < -0.3 is 10.2 Å². The molecule has 0 fully saturated rings. The highest BCUT2D eigenvalue weighted by molar-refractivity contribution is 9.10. The molecule has 2 aromatic rings. The van der Waals surface area contributed by atoms with Gasteiger partial charge in [-0.3, -0.25) is 0 Å². The molecule has 0 bridgehead atoms. The van der Waals surface area contributed by atoms with Crippen molar-refractivity contribution >= 4 is 27.3 Å². The van der Waals surface area contributed by atoms with Gasteiger partial charge in [0.15, 0.2) is 0 Å². The lowest BCUT2D eigenvalue weighted by Crippen LogP contribution is -2.18. The van der Waals surface area contributed by atoms with Gasteiger partial charge in [0.25, 0.3) is 0 Å². The molecular weight excluding hydrogens is 331 g/mol. The largest absolute Gasteiger partial charge is 0.342 e. The first-order chi connectivity index (χ1) is 10.1. The van der Waals surface area contributed by atoms with Crippen LogP contribution >= 0.6 is 15.9 Å². The van der Waals surface area contributed by atoms with E-state index in [9.17, 15) is 4.39 Å².